The van der Waals surface area contributed by atoms with E-state index in [0.717, 1.165) is 0 Å². The van der Waals surface area contributed by atoms with Gasteiger partial charge in [-0.3, -0.25) is 9.59 Å². The number of ether oxygens (including phenoxy) is 2. The molecule has 4 aromatic rings. The number of carbonyl (C=O) groups excluding carboxylic acids is 3. The quantitative estimate of drug-likeness (QED) is 0.397. The van der Waals surface area contributed by atoms with Crippen molar-refractivity contribution >= 4 is 34.4 Å². The normalized spacial score (nSPS) is 10.5. The average Bonchev–Trinajstić information content (AvgIpc) is 2.87. The smallest absolute Gasteiger partial charge is 0.338 e. The first kappa shape index (κ1) is 23.4. The maximum atomic E-state index is 12.7. The Hall–Kier alpha value is -4.79. The summed E-state index contributed by atoms with van der Waals surface area (Å²) >= 11 is 0. The van der Waals surface area contributed by atoms with Gasteiger partial charge >= 0.3 is 11.9 Å². The summed E-state index contributed by atoms with van der Waals surface area (Å²) in [4.78, 5) is 56.0. The number of benzene rings is 3. The molecule has 0 aliphatic carbocycles. The molecule has 9 nitrogen and oxygen atoms in total. The first-order valence-electron chi connectivity index (χ1n) is 10.7. The lowest BCUT2D eigenvalue weighted by atomic mass is 10.0. The van der Waals surface area contributed by atoms with Crippen LogP contribution in [0.15, 0.2) is 77.6 Å². The van der Waals surface area contributed by atoms with Gasteiger partial charge in [0.1, 0.15) is 5.82 Å². The number of nitrogens with zero attached hydrogens (tertiary/aromatic N) is 1. The number of fused-ring (bicyclic) bond motifs is 1. The van der Waals surface area contributed by atoms with Crippen molar-refractivity contribution in [2.24, 2.45) is 0 Å². The Kier molecular flexibility index (Phi) is 6.96. The molecule has 0 saturated heterocycles. The van der Waals surface area contributed by atoms with E-state index in [4.69, 9.17) is 4.74 Å². The number of hydrogen-bond acceptors (Lipinski definition) is 7. The molecule has 0 aliphatic heterocycles. The zero-order chi connectivity index (χ0) is 24.8. The highest BCUT2D eigenvalue weighted by atomic mass is 16.5. The Balaban J connectivity index is 1.41. The number of methoxy groups -OCH3 is 1. The molecule has 0 aliphatic rings. The maximum absolute atomic E-state index is 12.7. The van der Waals surface area contributed by atoms with Gasteiger partial charge in [0.2, 0.25) is 0 Å². The fraction of sp³-hybridized carbons (Fsp3) is 0.115. The van der Waals surface area contributed by atoms with Crippen LogP contribution in [0.4, 0.5) is 5.69 Å². The minimum atomic E-state index is -0.681. The summed E-state index contributed by atoms with van der Waals surface area (Å²) in [5.74, 6) is -1.30. The number of para-hydroxylation sites is 1. The van der Waals surface area contributed by atoms with Crippen molar-refractivity contribution in [3.8, 4) is 0 Å². The van der Waals surface area contributed by atoms with Gasteiger partial charge in [0.25, 0.3) is 11.5 Å². The average molecular weight is 471 g/mol. The van der Waals surface area contributed by atoms with Crippen molar-refractivity contribution in [2.75, 3.05) is 19.0 Å². The second-order valence-electron chi connectivity index (χ2n) is 7.56. The van der Waals surface area contributed by atoms with Gasteiger partial charge in [0.05, 0.1) is 29.1 Å². The van der Waals surface area contributed by atoms with Crippen LogP contribution in [0.5, 0.6) is 0 Å². The van der Waals surface area contributed by atoms with Gasteiger partial charge in [0.15, 0.2) is 6.61 Å². The Morgan fingerprint density at radius 2 is 1.63 bits per heavy atom. The Bertz CT molecular complexity index is 1460. The number of esters is 2. The third kappa shape index (κ3) is 5.59. The van der Waals surface area contributed by atoms with Gasteiger partial charge in [-0.25, -0.2) is 14.6 Å². The van der Waals surface area contributed by atoms with Crippen molar-refractivity contribution in [1.29, 1.82) is 0 Å². The first-order chi connectivity index (χ1) is 16.9. The molecule has 0 spiro atoms. The summed E-state index contributed by atoms with van der Waals surface area (Å²) in [6, 6.07) is 19.8. The Morgan fingerprint density at radius 1 is 0.914 bits per heavy atom. The Labute approximate surface area is 199 Å². The predicted octanol–water partition coefficient (Wildman–Crippen LogP) is 3.10. The van der Waals surface area contributed by atoms with Crippen LogP contribution in [0, 0.1) is 0 Å². The van der Waals surface area contributed by atoms with E-state index in [1.54, 1.807) is 60.7 Å². The molecule has 0 fully saturated rings. The number of rotatable bonds is 7. The first-order valence-corrected chi connectivity index (χ1v) is 10.7. The summed E-state index contributed by atoms with van der Waals surface area (Å²) in [6.45, 7) is -0.503. The number of hydrogen-bond donors (Lipinski definition) is 2. The van der Waals surface area contributed by atoms with Crippen LogP contribution in [0.2, 0.25) is 0 Å². The molecular formula is C26H21N3O6. The molecule has 1 aromatic heterocycles. The van der Waals surface area contributed by atoms with Gasteiger partial charge in [-0.05, 0) is 48.0 Å². The van der Waals surface area contributed by atoms with Gasteiger partial charge in [-0.1, -0.05) is 30.3 Å². The third-order valence-corrected chi connectivity index (χ3v) is 5.18. The van der Waals surface area contributed by atoms with Crippen LogP contribution in [0.1, 0.15) is 32.1 Å². The monoisotopic (exact) mass is 471 g/mol. The molecule has 4 rings (SSSR count). The van der Waals surface area contributed by atoms with Crippen molar-refractivity contribution < 1.29 is 23.9 Å². The molecule has 1 amide bonds. The second kappa shape index (κ2) is 10.4. The fourth-order valence-electron chi connectivity index (χ4n) is 3.49. The predicted molar refractivity (Wildman–Crippen MR) is 128 cm³/mol. The molecule has 0 saturated carbocycles. The van der Waals surface area contributed by atoms with Gasteiger partial charge in [-0.2, -0.15) is 0 Å². The molecule has 35 heavy (non-hydrogen) atoms. The lowest BCUT2D eigenvalue weighted by Gasteiger charge is -2.10. The molecule has 3 aromatic carbocycles. The van der Waals surface area contributed by atoms with Crippen LogP contribution in [-0.4, -0.2) is 41.5 Å². The lowest BCUT2D eigenvalue weighted by molar-refractivity contribution is -0.119. The summed E-state index contributed by atoms with van der Waals surface area (Å²) in [7, 11) is 1.28. The number of aromatic amines is 1. The minimum absolute atomic E-state index is 0.198. The molecule has 0 unspecified atom stereocenters. The Morgan fingerprint density at radius 3 is 2.40 bits per heavy atom. The number of anilines is 1. The van der Waals surface area contributed by atoms with E-state index in [1.807, 2.05) is 0 Å². The summed E-state index contributed by atoms with van der Waals surface area (Å²) in [6.07, 6.45) is 0.198. The zero-order valence-corrected chi connectivity index (χ0v) is 18.7. The van der Waals surface area contributed by atoms with Crippen molar-refractivity contribution in [1.82, 2.24) is 9.97 Å². The lowest BCUT2D eigenvalue weighted by Crippen LogP contribution is -2.21. The number of aromatic nitrogens is 2. The SMILES string of the molecule is COC(=O)c1ccc(NC(=O)COC(=O)c2ccccc2Cc2nc3ccccc3c(=O)[nH]2)cc1. The van der Waals surface area contributed by atoms with E-state index in [9.17, 15) is 19.2 Å². The number of nitrogens with one attached hydrogen (secondary N) is 2. The van der Waals surface area contributed by atoms with Crippen LogP contribution in [-0.2, 0) is 20.7 Å². The number of amides is 1. The van der Waals surface area contributed by atoms with Crippen molar-refractivity contribution in [3.05, 3.63) is 106 Å². The van der Waals surface area contributed by atoms with Gasteiger partial charge in [-0.15, -0.1) is 0 Å². The highest BCUT2D eigenvalue weighted by Gasteiger charge is 2.16. The minimum Gasteiger partial charge on any atom is -0.465 e. The topological polar surface area (TPSA) is 127 Å². The van der Waals surface area contributed by atoms with Crippen LogP contribution >= 0.6 is 0 Å². The second-order valence-corrected chi connectivity index (χ2v) is 7.56. The van der Waals surface area contributed by atoms with E-state index in [0.29, 0.717) is 33.5 Å². The molecule has 0 bridgehead atoms. The highest BCUT2D eigenvalue weighted by molar-refractivity contribution is 5.96. The van der Waals surface area contributed by atoms with Gasteiger partial charge in [0, 0.05) is 12.1 Å². The molecule has 2 N–H and O–H groups in total. The maximum Gasteiger partial charge on any atom is 0.338 e. The van der Waals surface area contributed by atoms with Crippen molar-refractivity contribution in [2.45, 2.75) is 6.42 Å². The van der Waals surface area contributed by atoms with Crippen LogP contribution < -0.4 is 10.9 Å². The number of carbonyl (C=O) groups is 3. The molecule has 176 valence electrons. The highest BCUT2D eigenvalue weighted by Crippen LogP contribution is 2.15. The van der Waals surface area contributed by atoms with E-state index in [-0.39, 0.29) is 17.5 Å². The molecule has 9 heteroatoms. The van der Waals surface area contributed by atoms with E-state index in [1.165, 1.54) is 19.2 Å². The standard InChI is InChI=1S/C26H21N3O6/c1-34-25(32)16-10-12-18(13-11-16)27-23(30)15-35-26(33)19-7-3-2-6-17(19)14-22-28-21-9-5-4-8-20(21)24(31)29-22/h2-13H,14-15H2,1H3,(H,27,30)(H,28,29,31). The summed E-state index contributed by atoms with van der Waals surface area (Å²) in [5.41, 5.74) is 1.93. The van der Waals surface area contributed by atoms with Crippen LogP contribution in [0.25, 0.3) is 10.9 Å². The largest absolute Gasteiger partial charge is 0.465 e. The third-order valence-electron chi connectivity index (χ3n) is 5.18. The van der Waals surface area contributed by atoms with E-state index in [2.05, 4.69) is 20.0 Å². The number of H-pyrrole nitrogens is 1. The zero-order valence-electron chi connectivity index (χ0n) is 18.7. The molecule has 0 atom stereocenters. The summed E-state index contributed by atoms with van der Waals surface area (Å²) < 4.78 is 9.83. The van der Waals surface area contributed by atoms with E-state index < -0.39 is 24.5 Å². The van der Waals surface area contributed by atoms with Crippen LogP contribution in [0.3, 0.4) is 0 Å². The molecule has 1 heterocycles. The summed E-state index contributed by atoms with van der Waals surface area (Å²) in [5, 5.41) is 3.07. The fourth-order valence-corrected chi connectivity index (χ4v) is 3.49. The molecule has 0 radical (unpaired) electrons. The molecular weight excluding hydrogens is 450 g/mol. The van der Waals surface area contributed by atoms with Crippen molar-refractivity contribution in [3.63, 3.8) is 0 Å². The van der Waals surface area contributed by atoms with Gasteiger partial charge < -0.3 is 19.8 Å². The van der Waals surface area contributed by atoms with E-state index >= 15 is 0 Å².